The molecular formula is C23H23N3O3. The van der Waals surface area contributed by atoms with Gasteiger partial charge in [0.1, 0.15) is 12.1 Å². The Morgan fingerprint density at radius 1 is 1.00 bits per heavy atom. The quantitative estimate of drug-likeness (QED) is 0.789. The highest BCUT2D eigenvalue weighted by Gasteiger charge is 2.55. The van der Waals surface area contributed by atoms with Gasteiger partial charge in [-0.3, -0.25) is 14.5 Å². The van der Waals surface area contributed by atoms with Crippen LogP contribution in [0.1, 0.15) is 42.4 Å². The van der Waals surface area contributed by atoms with Crippen molar-refractivity contribution in [3.8, 4) is 0 Å². The molecule has 1 unspecified atom stereocenters. The third-order valence-corrected chi connectivity index (χ3v) is 6.64. The average molecular weight is 389 g/mol. The number of rotatable bonds is 4. The van der Waals surface area contributed by atoms with E-state index in [-0.39, 0.29) is 18.4 Å². The summed E-state index contributed by atoms with van der Waals surface area (Å²) in [5.41, 5.74) is 1.57. The van der Waals surface area contributed by atoms with E-state index >= 15 is 0 Å². The molecule has 148 valence electrons. The van der Waals surface area contributed by atoms with Crippen LogP contribution in [-0.4, -0.2) is 29.3 Å². The lowest BCUT2D eigenvalue weighted by atomic mass is 9.72. The van der Waals surface area contributed by atoms with E-state index in [1.54, 1.807) is 0 Å². The van der Waals surface area contributed by atoms with Gasteiger partial charge in [-0.05, 0) is 48.8 Å². The third-order valence-electron chi connectivity index (χ3n) is 6.64. The molecule has 1 aliphatic heterocycles. The first-order valence-electron chi connectivity index (χ1n) is 10.1. The van der Waals surface area contributed by atoms with Crippen LogP contribution in [0.3, 0.4) is 0 Å². The summed E-state index contributed by atoms with van der Waals surface area (Å²) in [6.07, 6.45) is 4.03. The van der Waals surface area contributed by atoms with Crippen molar-refractivity contribution in [2.45, 2.75) is 43.2 Å². The molecule has 6 heteroatoms. The first-order valence-corrected chi connectivity index (χ1v) is 10.1. The number of nitrogens with one attached hydrogen (secondary N) is 2. The predicted octanol–water partition coefficient (Wildman–Crippen LogP) is 2.58. The van der Waals surface area contributed by atoms with Crippen molar-refractivity contribution in [1.82, 2.24) is 15.5 Å². The molecule has 0 radical (unpaired) electrons. The van der Waals surface area contributed by atoms with E-state index < -0.39 is 17.1 Å². The zero-order valence-corrected chi connectivity index (χ0v) is 16.1. The Kier molecular flexibility index (Phi) is 3.98. The molecule has 1 spiro atoms. The fourth-order valence-corrected chi connectivity index (χ4v) is 4.96. The number of amides is 4. The lowest BCUT2D eigenvalue weighted by Gasteiger charge is -2.43. The molecule has 29 heavy (non-hydrogen) atoms. The number of aryl methyl sites for hydroxylation is 1. The zero-order chi connectivity index (χ0) is 20.1. The smallest absolute Gasteiger partial charge is 0.325 e. The van der Waals surface area contributed by atoms with Crippen molar-refractivity contribution in [1.29, 1.82) is 0 Å². The molecule has 1 saturated heterocycles. The molecule has 0 bridgehead atoms. The van der Waals surface area contributed by atoms with Crippen LogP contribution in [0.25, 0.3) is 0 Å². The van der Waals surface area contributed by atoms with E-state index in [1.807, 2.05) is 54.6 Å². The summed E-state index contributed by atoms with van der Waals surface area (Å²) in [6, 6.07) is 17.1. The highest BCUT2D eigenvalue weighted by Crippen LogP contribution is 2.42. The van der Waals surface area contributed by atoms with Crippen molar-refractivity contribution >= 4 is 17.8 Å². The molecule has 2 N–H and O–H groups in total. The molecule has 1 heterocycles. The number of fused-ring (bicyclic) bond motifs is 2. The highest BCUT2D eigenvalue weighted by molar-refractivity contribution is 6.10. The summed E-state index contributed by atoms with van der Waals surface area (Å²) in [7, 11) is 0. The molecule has 2 aromatic rings. The molecule has 2 aliphatic carbocycles. The van der Waals surface area contributed by atoms with Gasteiger partial charge in [0, 0.05) is 0 Å². The number of benzene rings is 2. The van der Waals surface area contributed by atoms with Gasteiger partial charge in [-0.25, -0.2) is 4.79 Å². The maximum atomic E-state index is 13.2. The van der Waals surface area contributed by atoms with E-state index in [4.69, 9.17) is 0 Å². The number of carbonyl (C=O) groups is 3. The first kappa shape index (κ1) is 17.9. The molecular weight excluding hydrogens is 366 g/mol. The van der Waals surface area contributed by atoms with Gasteiger partial charge in [-0.1, -0.05) is 54.6 Å². The Labute approximate surface area is 169 Å². The van der Waals surface area contributed by atoms with Crippen LogP contribution < -0.4 is 10.6 Å². The van der Waals surface area contributed by atoms with Crippen LogP contribution in [-0.2, 0) is 27.1 Å². The van der Waals surface area contributed by atoms with Gasteiger partial charge in [0.2, 0.25) is 5.91 Å². The van der Waals surface area contributed by atoms with Crippen molar-refractivity contribution < 1.29 is 14.4 Å². The Morgan fingerprint density at radius 2 is 1.72 bits per heavy atom. The first-order chi connectivity index (χ1) is 14.0. The van der Waals surface area contributed by atoms with Gasteiger partial charge in [0.25, 0.3) is 5.91 Å². The van der Waals surface area contributed by atoms with Crippen molar-refractivity contribution in [2.75, 3.05) is 6.54 Å². The maximum absolute atomic E-state index is 13.2. The third kappa shape index (κ3) is 2.66. The topological polar surface area (TPSA) is 78.5 Å². The van der Waals surface area contributed by atoms with Crippen LogP contribution >= 0.6 is 0 Å². The number of carbonyl (C=O) groups excluding carboxylic acids is 3. The normalized spacial score (nSPS) is 24.2. The molecule has 1 atom stereocenters. The molecule has 2 aromatic carbocycles. The second-order valence-electron chi connectivity index (χ2n) is 8.23. The summed E-state index contributed by atoms with van der Waals surface area (Å²) in [5, 5.41) is 5.97. The van der Waals surface area contributed by atoms with Crippen molar-refractivity contribution in [2.24, 2.45) is 0 Å². The van der Waals surface area contributed by atoms with Crippen LogP contribution in [0.15, 0.2) is 54.6 Å². The molecule has 0 aromatic heterocycles. The lowest BCUT2D eigenvalue weighted by Crippen LogP contribution is -2.54. The average Bonchev–Trinajstić information content (AvgIpc) is 3.19. The summed E-state index contributed by atoms with van der Waals surface area (Å²) in [5.74, 6) is -0.634. The van der Waals surface area contributed by atoms with E-state index in [0.717, 1.165) is 47.3 Å². The van der Waals surface area contributed by atoms with E-state index in [1.165, 1.54) is 0 Å². The zero-order valence-electron chi connectivity index (χ0n) is 16.1. The van der Waals surface area contributed by atoms with Crippen LogP contribution in [0, 0.1) is 0 Å². The van der Waals surface area contributed by atoms with Gasteiger partial charge in [-0.2, -0.15) is 0 Å². The second-order valence-corrected chi connectivity index (χ2v) is 8.23. The molecule has 3 aliphatic rings. The summed E-state index contributed by atoms with van der Waals surface area (Å²) in [4.78, 5) is 39.7. The minimum absolute atomic E-state index is 0.261. The van der Waals surface area contributed by atoms with Crippen LogP contribution in [0.5, 0.6) is 0 Å². The molecule has 1 saturated carbocycles. The SMILES string of the molecule is O=C(CN1C(=O)NC2(CCc3ccccc32)C1=O)NC1(c2ccccc2)CCC1. The second kappa shape index (κ2) is 6.44. The number of imide groups is 1. The fourth-order valence-electron chi connectivity index (χ4n) is 4.96. The van der Waals surface area contributed by atoms with Crippen LogP contribution in [0.2, 0.25) is 0 Å². The molecule has 5 rings (SSSR count). The molecule has 4 amide bonds. The van der Waals surface area contributed by atoms with E-state index in [9.17, 15) is 14.4 Å². The largest absolute Gasteiger partial charge is 0.345 e. The van der Waals surface area contributed by atoms with E-state index in [2.05, 4.69) is 10.6 Å². The van der Waals surface area contributed by atoms with Gasteiger partial charge >= 0.3 is 6.03 Å². The summed E-state index contributed by atoms with van der Waals surface area (Å²) >= 11 is 0. The highest BCUT2D eigenvalue weighted by atomic mass is 16.2. The Balaban J connectivity index is 1.34. The van der Waals surface area contributed by atoms with Crippen molar-refractivity contribution in [3.63, 3.8) is 0 Å². The Hall–Kier alpha value is -3.15. The standard InChI is InChI=1S/C23H23N3O3/c27-19(24-22(12-6-13-22)17-8-2-1-3-9-17)15-26-20(28)23(25-21(26)29)14-11-16-7-4-5-10-18(16)23/h1-5,7-10H,6,11-15H2,(H,24,27)(H,25,29). The molecule has 6 nitrogen and oxygen atoms in total. The number of urea groups is 1. The number of hydrogen-bond acceptors (Lipinski definition) is 3. The summed E-state index contributed by atoms with van der Waals surface area (Å²) in [6.45, 7) is -0.261. The number of nitrogens with zero attached hydrogens (tertiary/aromatic N) is 1. The van der Waals surface area contributed by atoms with Crippen molar-refractivity contribution in [3.05, 3.63) is 71.3 Å². The summed E-state index contributed by atoms with van der Waals surface area (Å²) < 4.78 is 0. The monoisotopic (exact) mass is 389 g/mol. The van der Waals surface area contributed by atoms with E-state index in [0.29, 0.717) is 6.42 Å². The minimum atomic E-state index is -1.03. The van der Waals surface area contributed by atoms with Crippen LogP contribution in [0.4, 0.5) is 4.79 Å². The lowest BCUT2D eigenvalue weighted by molar-refractivity contribution is -0.136. The van der Waals surface area contributed by atoms with Gasteiger partial charge in [0.05, 0.1) is 5.54 Å². The number of hydrogen-bond donors (Lipinski definition) is 2. The van der Waals surface area contributed by atoms with Gasteiger partial charge < -0.3 is 10.6 Å². The Morgan fingerprint density at radius 3 is 2.45 bits per heavy atom. The Bertz CT molecular complexity index is 999. The van der Waals surface area contributed by atoms with Gasteiger partial charge in [0.15, 0.2) is 0 Å². The minimum Gasteiger partial charge on any atom is -0.345 e. The van der Waals surface area contributed by atoms with Gasteiger partial charge in [-0.15, -0.1) is 0 Å². The maximum Gasteiger partial charge on any atom is 0.325 e. The predicted molar refractivity (Wildman–Crippen MR) is 107 cm³/mol. The fraction of sp³-hybridized carbons (Fsp3) is 0.348. The molecule has 2 fully saturated rings.